The van der Waals surface area contributed by atoms with E-state index in [-0.39, 0.29) is 24.9 Å². The smallest absolute Gasteiger partial charge is 0.344 e. The Morgan fingerprint density at radius 1 is 0.862 bits per heavy atom. The lowest BCUT2D eigenvalue weighted by Gasteiger charge is -2.18. The van der Waals surface area contributed by atoms with Crippen LogP contribution in [0.5, 0.6) is 5.75 Å². The summed E-state index contributed by atoms with van der Waals surface area (Å²) in [6, 6.07) is 14.3. The summed E-state index contributed by atoms with van der Waals surface area (Å²) in [4.78, 5) is 38.7. The molecule has 0 aromatic heterocycles. The molecule has 0 aliphatic rings. The van der Waals surface area contributed by atoms with E-state index in [1.807, 2.05) is 43.3 Å². The van der Waals surface area contributed by atoms with E-state index in [0.29, 0.717) is 17.9 Å². The van der Waals surface area contributed by atoms with E-state index < -0.39 is 5.97 Å². The van der Waals surface area contributed by atoms with Crippen LogP contribution < -0.4 is 9.64 Å². The summed E-state index contributed by atoms with van der Waals surface area (Å²) in [7, 11) is 5.58. The van der Waals surface area contributed by atoms with E-state index in [1.165, 1.54) is 11.8 Å². The van der Waals surface area contributed by atoms with Crippen LogP contribution >= 0.6 is 0 Å². The van der Waals surface area contributed by atoms with E-state index in [1.54, 1.807) is 31.3 Å². The van der Waals surface area contributed by atoms with Gasteiger partial charge in [-0.25, -0.2) is 4.79 Å². The number of ketones is 1. The van der Waals surface area contributed by atoms with Crippen LogP contribution in [0.1, 0.15) is 22.8 Å². The Morgan fingerprint density at radius 2 is 1.48 bits per heavy atom. The molecule has 0 fully saturated rings. The third kappa shape index (κ3) is 6.95. The average molecular weight is 398 g/mol. The lowest BCUT2D eigenvalue weighted by molar-refractivity contribution is -0.153. The molecule has 0 radical (unpaired) electrons. The van der Waals surface area contributed by atoms with E-state index in [4.69, 9.17) is 9.47 Å². The summed E-state index contributed by atoms with van der Waals surface area (Å²) in [6.07, 6.45) is 0. The first kappa shape index (κ1) is 21.9. The fourth-order valence-electron chi connectivity index (χ4n) is 2.48. The number of Topliss-reactive ketones (excluding diaryl/α,β-unsaturated/α-hetero) is 1. The second-order valence-corrected chi connectivity index (χ2v) is 6.84. The second kappa shape index (κ2) is 10.3. The molecule has 0 aliphatic carbocycles. The standard InChI is InChI=1S/C22H26N2O5/c1-16(25)18-7-11-20(12-8-18)28-15-22(27)29-14-21(26)24(4)13-17-5-9-19(10-6-17)23(2)3/h5-12H,13-15H2,1-4H3. The van der Waals surface area contributed by atoms with Gasteiger partial charge in [-0.15, -0.1) is 0 Å². The number of ether oxygens (including phenoxy) is 2. The lowest BCUT2D eigenvalue weighted by Crippen LogP contribution is -2.31. The van der Waals surface area contributed by atoms with Gasteiger partial charge in [0, 0.05) is 38.9 Å². The predicted octanol–water partition coefficient (Wildman–Crippen LogP) is 2.54. The van der Waals surface area contributed by atoms with Crippen LogP contribution in [0.4, 0.5) is 5.69 Å². The third-order valence-corrected chi connectivity index (χ3v) is 4.27. The Balaban J connectivity index is 1.74. The summed E-state index contributed by atoms with van der Waals surface area (Å²) in [6.45, 7) is 1.23. The normalized spacial score (nSPS) is 10.2. The predicted molar refractivity (Wildman–Crippen MR) is 110 cm³/mol. The van der Waals surface area contributed by atoms with Crippen molar-refractivity contribution in [2.24, 2.45) is 0 Å². The number of nitrogens with zero attached hydrogens (tertiary/aromatic N) is 2. The second-order valence-electron chi connectivity index (χ2n) is 6.84. The maximum atomic E-state index is 12.2. The van der Waals surface area contributed by atoms with Crippen molar-refractivity contribution in [3.8, 4) is 5.75 Å². The molecule has 0 N–H and O–H groups in total. The van der Waals surface area contributed by atoms with Gasteiger partial charge in [0.25, 0.3) is 5.91 Å². The SMILES string of the molecule is CC(=O)c1ccc(OCC(=O)OCC(=O)N(C)Cc2ccc(N(C)C)cc2)cc1. The number of hydrogen-bond donors (Lipinski definition) is 0. The number of anilines is 1. The van der Waals surface area contributed by atoms with Crippen LogP contribution in [-0.2, 0) is 20.9 Å². The summed E-state index contributed by atoms with van der Waals surface area (Å²) in [5.41, 5.74) is 2.62. The lowest BCUT2D eigenvalue weighted by atomic mass is 10.1. The molecule has 0 unspecified atom stereocenters. The van der Waals surface area contributed by atoms with Crippen LogP contribution in [0.25, 0.3) is 0 Å². The number of hydrogen-bond acceptors (Lipinski definition) is 6. The largest absolute Gasteiger partial charge is 0.482 e. The number of amides is 1. The topological polar surface area (TPSA) is 76.2 Å². The molecule has 7 heteroatoms. The van der Waals surface area contributed by atoms with Gasteiger partial charge in [0.2, 0.25) is 0 Å². The minimum Gasteiger partial charge on any atom is -0.482 e. The highest BCUT2D eigenvalue weighted by Crippen LogP contribution is 2.14. The monoisotopic (exact) mass is 398 g/mol. The summed E-state index contributed by atoms with van der Waals surface area (Å²) in [5, 5.41) is 0. The van der Waals surface area contributed by atoms with Crippen molar-refractivity contribution in [1.29, 1.82) is 0 Å². The van der Waals surface area contributed by atoms with Crippen LogP contribution in [0, 0.1) is 0 Å². The van der Waals surface area contributed by atoms with Crippen LogP contribution in [0.3, 0.4) is 0 Å². The number of rotatable bonds is 9. The summed E-state index contributed by atoms with van der Waals surface area (Å²) >= 11 is 0. The maximum Gasteiger partial charge on any atom is 0.344 e. The van der Waals surface area contributed by atoms with Crippen molar-refractivity contribution < 1.29 is 23.9 Å². The number of carbonyl (C=O) groups excluding carboxylic acids is 3. The molecule has 0 heterocycles. The highest BCUT2D eigenvalue weighted by atomic mass is 16.6. The number of benzene rings is 2. The molecular formula is C22H26N2O5. The zero-order valence-corrected chi connectivity index (χ0v) is 17.2. The molecule has 2 aromatic rings. The molecule has 0 bridgehead atoms. The van der Waals surface area contributed by atoms with Crippen molar-refractivity contribution in [3.05, 3.63) is 59.7 Å². The van der Waals surface area contributed by atoms with Gasteiger partial charge in [0.15, 0.2) is 19.0 Å². The zero-order chi connectivity index (χ0) is 21.4. The number of esters is 1. The molecule has 0 saturated heterocycles. The molecule has 0 saturated carbocycles. The van der Waals surface area contributed by atoms with Crippen molar-refractivity contribution in [3.63, 3.8) is 0 Å². The molecule has 2 rings (SSSR count). The quantitative estimate of drug-likeness (QED) is 0.477. The molecule has 0 aliphatic heterocycles. The molecule has 0 atom stereocenters. The Morgan fingerprint density at radius 3 is 2.03 bits per heavy atom. The van der Waals surface area contributed by atoms with E-state index in [9.17, 15) is 14.4 Å². The van der Waals surface area contributed by atoms with Crippen molar-refractivity contribution >= 4 is 23.3 Å². The van der Waals surface area contributed by atoms with Crippen LogP contribution in [-0.4, -0.2) is 56.9 Å². The minimum absolute atomic E-state index is 0.0489. The van der Waals surface area contributed by atoms with E-state index >= 15 is 0 Å². The van der Waals surface area contributed by atoms with Gasteiger partial charge in [0.05, 0.1) is 0 Å². The number of carbonyl (C=O) groups is 3. The third-order valence-electron chi connectivity index (χ3n) is 4.27. The van der Waals surface area contributed by atoms with Gasteiger partial charge in [-0.1, -0.05) is 12.1 Å². The zero-order valence-electron chi connectivity index (χ0n) is 17.2. The van der Waals surface area contributed by atoms with Gasteiger partial charge in [-0.2, -0.15) is 0 Å². The fourth-order valence-corrected chi connectivity index (χ4v) is 2.48. The van der Waals surface area contributed by atoms with Crippen LogP contribution in [0.2, 0.25) is 0 Å². The first-order chi connectivity index (χ1) is 13.8. The fraction of sp³-hybridized carbons (Fsp3) is 0.318. The molecule has 0 spiro atoms. The molecule has 29 heavy (non-hydrogen) atoms. The first-order valence-corrected chi connectivity index (χ1v) is 9.16. The maximum absolute atomic E-state index is 12.2. The van der Waals surface area contributed by atoms with E-state index in [0.717, 1.165) is 11.3 Å². The van der Waals surface area contributed by atoms with Crippen molar-refractivity contribution in [1.82, 2.24) is 4.90 Å². The first-order valence-electron chi connectivity index (χ1n) is 9.16. The summed E-state index contributed by atoms with van der Waals surface area (Å²) in [5.74, 6) is -0.553. The van der Waals surface area contributed by atoms with Crippen molar-refractivity contribution in [2.45, 2.75) is 13.5 Å². The van der Waals surface area contributed by atoms with Crippen LogP contribution in [0.15, 0.2) is 48.5 Å². The van der Waals surface area contributed by atoms with E-state index in [2.05, 4.69) is 0 Å². The Kier molecular flexibility index (Phi) is 7.77. The Bertz CT molecular complexity index is 845. The van der Waals surface area contributed by atoms with Gasteiger partial charge in [-0.05, 0) is 48.9 Å². The van der Waals surface area contributed by atoms with Crippen molar-refractivity contribution in [2.75, 3.05) is 39.3 Å². The minimum atomic E-state index is -0.641. The molecule has 7 nitrogen and oxygen atoms in total. The average Bonchev–Trinajstić information content (AvgIpc) is 2.71. The van der Waals surface area contributed by atoms with Gasteiger partial charge >= 0.3 is 5.97 Å². The molecule has 1 amide bonds. The highest BCUT2D eigenvalue weighted by Gasteiger charge is 2.13. The molecular weight excluding hydrogens is 372 g/mol. The Hall–Kier alpha value is -3.35. The Labute approximate surface area is 170 Å². The van der Waals surface area contributed by atoms with Gasteiger partial charge < -0.3 is 19.3 Å². The highest BCUT2D eigenvalue weighted by molar-refractivity contribution is 5.94. The van der Waals surface area contributed by atoms with Gasteiger partial charge in [-0.3, -0.25) is 9.59 Å². The summed E-state index contributed by atoms with van der Waals surface area (Å²) < 4.78 is 10.3. The van der Waals surface area contributed by atoms with Gasteiger partial charge in [0.1, 0.15) is 5.75 Å². The molecule has 154 valence electrons. The molecule has 2 aromatic carbocycles. The number of likely N-dealkylation sites (N-methyl/N-ethyl adjacent to an activating group) is 1.